The Kier molecular flexibility index (Phi) is 3.01. The first-order valence-electron chi connectivity index (χ1n) is 6.04. The highest BCUT2D eigenvalue weighted by Gasteiger charge is 2.16. The fraction of sp³-hybridized carbons (Fsp3) is 0.286. The van der Waals surface area contributed by atoms with Gasteiger partial charge >= 0.3 is 0 Å². The first-order valence-corrected chi connectivity index (χ1v) is 6.92. The van der Waals surface area contributed by atoms with E-state index >= 15 is 0 Å². The molecule has 0 atom stereocenters. The summed E-state index contributed by atoms with van der Waals surface area (Å²) in [6.07, 6.45) is 1.20. The summed E-state index contributed by atoms with van der Waals surface area (Å²) in [4.78, 5) is 2.48. The van der Waals surface area contributed by atoms with Crippen molar-refractivity contribution < 1.29 is 0 Å². The summed E-state index contributed by atoms with van der Waals surface area (Å²) in [7, 11) is 0. The average molecular weight is 244 g/mol. The number of nitrogens with one attached hydrogen (secondary N) is 1. The van der Waals surface area contributed by atoms with Crippen molar-refractivity contribution in [1.29, 1.82) is 0 Å². The molecule has 0 bridgehead atoms. The number of thiophene rings is 1. The number of nitrogens with zero attached hydrogens (tertiary/aromatic N) is 1. The van der Waals surface area contributed by atoms with Crippen LogP contribution in [0.25, 0.3) is 0 Å². The van der Waals surface area contributed by atoms with Crippen LogP contribution in [0.1, 0.15) is 12.0 Å². The van der Waals surface area contributed by atoms with Crippen molar-refractivity contribution >= 4 is 22.0 Å². The molecule has 2 aromatic rings. The molecule has 0 radical (unpaired) electrons. The Morgan fingerprint density at radius 2 is 2.06 bits per heavy atom. The molecule has 1 aromatic carbocycles. The lowest BCUT2D eigenvalue weighted by atomic mass is 10.2. The maximum absolute atomic E-state index is 3.49. The summed E-state index contributed by atoms with van der Waals surface area (Å²) < 4.78 is 0. The van der Waals surface area contributed by atoms with Crippen LogP contribution >= 0.6 is 11.3 Å². The first-order chi connectivity index (χ1) is 8.43. The zero-order valence-electron chi connectivity index (χ0n) is 9.73. The summed E-state index contributed by atoms with van der Waals surface area (Å²) in [5, 5.41) is 7.04. The Bertz CT molecular complexity index is 478. The highest BCUT2D eigenvalue weighted by atomic mass is 32.1. The van der Waals surface area contributed by atoms with Gasteiger partial charge in [0.05, 0.1) is 5.69 Å². The number of hydrogen-bond acceptors (Lipinski definition) is 3. The highest BCUT2D eigenvalue weighted by molar-refractivity contribution is 7.14. The minimum absolute atomic E-state index is 1.01. The quantitative estimate of drug-likeness (QED) is 0.868. The molecule has 3 heteroatoms. The van der Waals surface area contributed by atoms with E-state index in [2.05, 4.69) is 52.0 Å². The van der Waals surface area contributed by atoms with E-state index in [1.54, 1.807) is 0 Å². The van der Waals surface area contributed by atoms with Gasteiger partial charge in [-0.25, -0.2) is 0 Å². The normalized spacial score (nSPS) is 14.9. The molecule has 0 saturated carbocycles. The van der Waals surface area contributed by atoms with E-state index in [0.717, 1.165) is 19.6 Å². The van der Waals surface area contributed by atoms with Crippen LogP contribution in [0.4, 0.5) is 10.7 Å². The maximum Gasteiger partial charge on any atom is 0.115 e. The van der Waals surface area contributed by atoms with Gasteiger partial charge in [-0.15, -0.1) is 11.3 Å². The largest absolute Gasteiger partial charge is 0.383 e. The molecule has 0 saturated heterocycles. The van der Waals surface area contributed by atoms with Gasteiger partial charge in [-0.05, 0) is 23.4 Å². The molecule has 1 N–H and O–H groups in total. The molecule has 3 rings (SSSR count). The van der Waals surface area contributed by atoms with Gasteiger partial charge in [-0.2, -0.15) is 0 Å². The minimum atomic E-state index is 1.01. The van der Waals surface area contributed by atoms with Gasteiger partial charge in [0.1, 0.15) is 5.00 Å². The SMILES string of the molecule is c1ccc(CN2CCCNc3ccsc32)cc1. The van der Waals surface area contributed by atoms with Gasteiger partial charge < -0.3 is 10.2 Å². The average Bonchev–Trinajstić information content (AvgIpc) is 2.75. The lowest BCUT2D eigenvalue weighted by molar-refractivity contribution is 0.769. The van der Waals surface area contributed by atoms with Gasteiger partial charge in [0, 0.05) is 19.6 Å². The number of rotatable bonds is 2. The molecule has 1 aliphatic heterocycles. The molecule has 0 fully saturated rings. The summed E-state index contributed by atoms with van der Waals surface area (Å²) >= 11 is 1.83. The van der Waals surface area contributed by atoms with Crippen molar-refractivity contribution in [2.45, 2.75) is 13.0 Å². The second-order valence-corrected chi connectivity index (χ2v) is 5.22. The fourth-order valence-corrected chi connectivity index (χ4v) is 3.13. The molecule has 1 aromatic heterocycles. The van der Waals surface area contributed by atoms with Crippen LogP contribution in [-0.4, -0.2) is 13.1 Å². The van der Waals surface area contributed by atoms with Crippen molar-refractivity contribution in [3.8, 4) is 0 Å². The Labute approximate surface area is 106 Å². The van der Waals surface area contributed by atoms with Gasteiger partial charge in [0.25, 0.3) is 0 Å². The second kappa shape index (κ2) is 4.80. The monoisotopic (exact) mass is 244 g/mol. The minimum Gasteiger partial charge on any atom is -0.383 e. The van der Waals surface area contributed by atoms with Crippen molar-refractivity contribution in [2.75, 3.05) is 23.3 Å². The Morgan fingerprint density at radius 3 is 2.94 bits per heavy atom. The second-order valence-electron chi connectivity index (χ2n) is 4.33. The van der Waals surface area contributed by atoms with E-state index in [-0.39, 0.29) is 0 Å². The Morgan fingerprint density at radius 1 is 1.18 bits per heavy atom. The van der Waals surface area contributed by atoms with Crippen LogP contribution in [0, 0.1) is 0 Å². The van der Waals surface area contributed by atoms with Crippen molar-refractivity contribution in [2.24, 2.45) is 0 Å². The fourth-order valence-electron chi connectivity index (χ4n) is 2.23. The smallest absolute Gasteiger partial charge is 0.115 e. The molecule has 17 heavy (non-hydrogen) atoms. The first kappa shape index (κ1) is 10.7. The van der Waals surface area contributed by atoms with E-state index in [9.17, 15) is 0 Å². The number of benzene rings is 1. The third-order valence-electron chi connectivity index (χ3n) is 3.07. The number of anilines is 2. The van der Waals surface area contributed by atoms with Crippen LogP contribution in [0.2, 0.25) is 0 Å². The van der Waals surface area contributed by atoms with E-state index < -0.39 is 0 Å². The van der Waals surface area contributed by atoms with Gasteiger partial charge in [-0.1, -0.05) is 30.3 Å². The van der Waals surface area contributed by atoms with E-state index in [4.69, 9.17) is 0 Å². The molecule has 0 spiro atoms. The van der Waals surface area contributed by atoms with E-state index in [1.807, 2.05) is 11.3 Å². The zero-order valence-corrected chi connectivity index (χ0v) is 10.5. The third kappa shape index (κ3) is 2.29. The van der Waals surface area contributed by atoms with Crippen LogP contribution < -0.4 is 10.2 Å². The molecule has 88 valence electrons. The van der Waals surface area contributed by atoms with Crippen LogP contribution in [0.5, 0.6) is 0 Å². The maximum atomic E-state index is 3.49. The highest BCUT2D eigenvalue weighted by Crippen LogP contribution is 2.35. The molecule has 1 aliphatic rings. The van der Waals surface area contributed by atoms with Gasteiger partial charge in [0.15, 0.2) is 0 Å². The molecule has 2 nitrogen and oxygen atoms in total. The predicted octanol–water partition coefficient (Wildman–Crippen LogP) is 3.57. The van der Waals surface area contributed by atoms with Gasteiger partial charge in [-0.3, -0.25) is 0 Å². The number of fused-ring (bicyclic) bond motifs is 1. The summed E-state index contributed by atoms with van der Waals surface area (Å²) in [5.74, 6) is 0. The van der Waals surface area contributed by atoms with E-state index in [1.165, 1.54) is 22.7 Å². The van der Waals surface area contributed by atoms with Crippen molar-refractivity contribution in [3.05, 3.63) is 47.3 Å². The van der Waals surface area contributed by atoms with E-state index in [0.29, 0.717) is 0 Å². The van der Waals surface area contributed by atoms with Crippen LogP contribution in [0.15, 0.2) is 41.8 Å². The zero-order chi connectivity index (χ0) is 11.5. The van der Waals surface area contributed by atoms with Crippen LogP contribution in [-0.2, 0) is 6.54 Å². The molecule has 2 heterocycles. The lowest BCUT2D eigenvalue weighted by Gasteiger charge is -2.22. The predicted molar refractivity (Wildman–Crippen MR) is 74.9 cm³/mol. The number of hydrogen-bond donors (Lipinski definition) is 1. The van der Waals surface area contributed by atoms with Crippen molar-refractivity contribution in [1.82, 2.24) is 0 Å². The molecule has 0 amide bonds. The molecule has 0 aliphatic carbocycles. The van der Waals surface area contributed by atoms with Crippen LogP contribution in [0.3, 0.4) is 0 Å². The standard InChI is InChI=1S/C14H16N2S/c1-2-5-12(6-3-1)11-16-9-4-8-15-13-7-10-17-14(13)16/h1-3,5-7,10,15H,4,8-9,11H2. The molecular weight excluding hydrogens is 228 g/mol. The lowest BCUT2D eigenvalue weighted by Crippen LogP contribution is -2.22. The van der Waals surface area contributed by atoms with Crippen molar-refractivity contribution in [3.63, 3.8) is 0 Å². The summed E-state index contributed by atoms with van der Waals surface area (Å²) in [6.45, 7) is 3.22. The Hall–Kier alpha value is -1.48. The Balaban J connectivity index is 1.84. The molecule has 0 unspecified atom stereocenters. The summed E-state index contributed by atoms with van der Waals surface area (Å²) in [5.41, 5.74) is 2.68. The summed E-state index contributed by atoms with van der Waals surface area (Å²) in [6, 6.07) is 12.9. The molecular formula is C14H16N2S. The third-order valence-corrected chi connectivity index (χ3v) is 4.04. The topological polar surface area (TPSA) is 15.3 Å². The van der Waals surface area contributed by atoms with Gasteiger partial charge in [0.2, 0.25) is 0 Å².